The molecule has 136 valence electrons. The number of sulfonamides is 1. The molecule has 1 N–H and O–H groups in total. The molecule has 24 heavy (non-hydrogen) atoms. The Balaban J connectivity index is 1.86. The molecule has 2 saturated heterocycles. The third-order valence-corrected chi connectivity index (χ3v) is 6.34. The van der Waals surface area contributed by atoms with Crippen molar-refractivity contribution in [3.63, 3.8) is 0 Å². The van der Waals surface area contributed by atoms with Crippen LogP contribution in [0.5, 0.6) is 0 Å². The number of aliphatic carboxylic acids is 1. The summed E-state index contributed by atoms with van der Waals surface area (Å²) in [5.74, 6) is -2.20. The van der Waals surface area contributed by atoms with E-state index < -0.39 is 27.8 Å². The minimum atomic E-state index is -3.36. The van der Waals surface area contributed by atoms with E-state index in [9.17, 15) is 22.8 Å². The second kappa shape index (κ2) is 7.47. The highest BCUT2D eigenvalue weighted by Crippen LogP contribution is 2.17. The second-order valence-electron chi connectivity index (χ2n) is 6.27. The van der Waals surface area contributed by atoms with Crippen LogP contribution in [-0.4, -0.2) is 90.9 Å². The van der Waals surface area contributed by atoms with Crippen LogP contribution in [0.15, 0.2) is 0 Å². The Morgan fingerprint density at radius 1 is 1.21 bits per heavy atom. The fourth-order valence-electron chi connectivity index (χ4n) is 2.94. The summed E-state index contributed by atoms with van der Waals surface area (Å²) in [6.07, 6.45) is 1.66. The van der Waals surface area contributed by atoms with E-state index in [1.807, 2.05) is 0 Å². The van der Waals surface area contributed by atoms with Gasteiger partial charge in [0.2, 0.25) is 21.8 Å². The van der Waals surface area contributed by atoms with Crippen molar-refractivity contribution in [1.82, 2.24) is 14.1 Å². The van der Waals surface area contributed by atoms with Gasteiger partial charge in [-0.25, -0.2) is 8.42 Å². The molecule has 1 atom stereocenters. The molecular formula is C14H23N3O6S. The minimum Gasteiger partial charge on any atom is -0.481 e. The highest BCUT2D eigenvalue weighted by Gasteiger charge is 2.32. The molecule has 0 spiro atoms. The number of carboxylic acids is 1. The van der Waals surface area contributed by atoms with Gasteiger partial charge in [0, 0.05) is 26.7 Å². The van der Waals surface area contributed by atoms with E-state index in [1.165, 1.54) is 16.8 Å². The standard InChI is InChI=1S/C14H23N3O6S/c1-15(12(18)10-17-6-3-7-24(17,22)23)9-13(19)16-5-2-4-11(8-16)14(20)21/h11H,2-10H2,1H3,(H,20,21). The van der Waals surface area contributed by atoms with Gasteiger partial charge in [0.25, 0.3) is 0 Å². The van der Waals surface area contributed by atoms with Gasteiger partial charge in [-0.3, -0.25) is 14.4 Å². The lowest BCUT2D eigenvalue weighted by molar-refractivity contribution is -0.147. The average Bonchev–Trinajstić information content (AvgIpc) is 2.85. The van der Waals surface area contributed by atoms with Crippen LogP contribution in [0.4, 0.5) is 0 Å². The van der Waals surface area contributed by atoms with Crippen LogP contribution in [0.1, 0.15) is 19.3 Å². The van der Waals surface area contributed by atoms with Crippen LogP contribution >= 0.6 is 0 Å². The van der Waals surface area contributed by atoms with Crippen LogP contribution in [0, 0.1) is 5.92 Å². The Bertz CT molecular complexity index is 620. The molecule has 1 unspecified atom stereocenters. The number of hydrogen-bond acceptors (Lipinski definition) is 5. The molecule has 2 aliphatic rings. The lowest BCUT2D eigenvalue weighted by Gasteiger charge is -2.32. The van der Waals surface area contributed by atoms with Gasteiger partial charge >= 0.3 is 5.97 Å². The fraction of sp³-hybridized carbons (Fsp3) is 0.786. The SMILES string of the molecule is CN(CC(=O)N1CCCC(C(=O)O)C1)C(=O)CN1CCCS1(=O)=O. The average molecular weight is 361 g/mol. The van der Waals surface area contributed by atoms with Gasteiger partial charge in [-0.15, -0.1) is 0 Å². The smallest absolute Gasteiger partial charge is 0.308 e. The maximum atomic E-state index is 12.3. The summed E-state index contributed by atoms with van der Waals surface area (Å²) in [4.78, 5) is 38.1. The number of hydrogen-bond donors (Lipinski definition) is 1. The Hall–Kier alpha value is -1.68. The lowest BCUT2D eigenvalue weighted by atomic mass is 9.98. The minimum absolute atomic E-state index is 0.0489. The normalized spacial score (nSPS) is 23.9. The van der Waals surface area contributed by atoms with Crippen LogP contribution in [-0.2, 0) is 24.4 Å². The number of piperidine rings is 1. The Labute approximate surface area is 141 Å². The van der Waals surface area contributed by atoms with Crippen molar-refractivity contribution in [2.45, 2.75) is 19.3 Å². The number of rotatable bonds is 5. The van der Waals surface area contributed by atoms with Gasteiger partial charge in [0.1, 0.15) is 0 Å². The molecule has 0 aliphatic carbocycles. The molecule has 9 nitrogen and oxygen atoms in total. The largest absolute Gasteiger partial charge is 0.481 e. The van der Waals surface area contributed by atoms with Crippen LogP contribution in [0.2, 0.25) is 0 Å². The molecule has 0 saturated carbocycles. The summed E-state index contributed by atoms with van der Waals surface area (Å²) in [6, 6.07) is 0. The van der Waals surface area contributed by atoms with E-state index >= 15 is 0 Å². The van der Waals surface area contributed by atoms with Gasteiger partial charge in [0.05, 0.1) is 24.8 Å². The van der Waals surface area contributed by atoms with Crippen molar-refractivity contribution < 1.29 is 27.9 Å². The number of nitrogens with zero attached hydrogens (tertiary/aromatic N) is 3. The summed E-state index contributed by atoms with van der Waals surface area (Å²) < 4.78 is 24.6. The van der Waals surface area contributed by atoms with Crippen LogP contribution < -0.4 is 0 Å². The molecule has 2 amide bonds. The molecule has 10 heteroatoms. The first-order valence-corrected chi connectivity index (χ1v) is 9.54. The topological polar surface area (TPSA) is 115 Å². The Morgan fingerprint density at radius 3 is 2.50 bits per heavy atom. The highest BCUT2D eigenvalue weighted by atomic mass is 32.2. The Kier molecular flexibility index (Phi) is 5.81. The summed E-state index contributed by atoms with van der Waals surface area (Å²) >= 11 is 0. The summed E-state index contributed by atoms with van der Waals surface area (Å²) in [7, 11) is -1.91. The van der Waals surface area contributed by atoms with Gasteiger partial charge in [0.15, 0.2) is 0 Å². The fourth-order valence-corrected chi connectivity index (χ4v) is 4.40. The zero-order valence-corrected chi connectivity index (χ0v) is 14.5. The molecule has 2 heterocycles. The monoisotopic (exact) mass is 361 g/mol. The first kappa shape index (κ1) is 18.7. The first-order chi connectivity index (χ1) is 11.2. The van der Waals surface area contributed by atoms with Gasteiger partial charge < -0.3 is 14.9 Å². The van der Waals surface area contributed by atoms with E-state index in [4.69, 9.17) is 5.11 Å². The third kappa shape index (κ3) is 4.44. The number of amides is 2. The number of carbonyl (C=O) groups is 3. The van der Waals surface area contributed by atoms with Crippen molar-refractivity contribution >= 4 is 27.8 Å². The molecule has 0 bridgehead atoms. The summed E-state index contributed by atoms with van der Waals surface area (Å²) in [6.45, 7) is 0.507. The van der Waals surface area contributed by atoms with E-state index in [-0.39, 0.29) is 31.3 Å². The van der Waals surface area contributed by atoms with Crippen LogP contribution in [0.3, 0.4) is 0 Å². The lowest BCUT2D eigenvalue weighted by Crippen LogP contribution is -2.48. The van der Waals surface area contributed by atoms with Gasteiger partial charge in [-0.05, 0) is 19.3 Å². The molecule has 2 aliphatic heterocycles. The molecule has 0 aromatic rings. The van der Waals surface area contributed by atoms with Gasteiger partial charge in [-0.2, -0.15) is 4.31 Å². The van der Waals surface area contributed by atoms with E-state index in [0.29, 0.717) is 32.4 Å². The maximum Gasteiger partial charge on any atom is 0.308 e. The quantitative estimate of drug-likeness (QED) is 0.658. The van der Waals surface area contributed by atoms with Crippen molar-refractivity contribution in [2.75, 3.05) is 45.5 Å². The van der Waals surface area contributed by atoms with Crippen molar-refractivity contribution in [1.29, 1.82) is 0 Å². The second-order valence-corrected chi connectivity index (χ2v) is 8.36. The number of likely N-dealkylation sites (tertiary alicyclic amines) is 1. The predicted octanol–water partition coefficient (Wildman–Crippen LogP) is -1.20. The maximum absolute atomic E-state index is 12.3. The number of carbonyl (C=O) groups excluding carboxylic acids is 2. The first-order valence-electron chi connectivity index (χ1n) is 7.93. The van der Waals surface area contributed by atoms with E-state index in [0.717, 1.165) is 4.31 Å². The van der Waals surface area contributed by atoms with Crippen molar-refractivity contribution in [3.8, 4) is 0 Å². The van der Waals surface area contributed by atoms with E-state index in [1.54, 1.807) is 0 Å². The number of likely N-dealkylation sites (N-methyl/N-ethyl adjacent to an activating group) is 1. The van der Waals surface area contributed by atoms with Crippen molar-refractivity contribution in [2.24, 2.45) is 5.92 Å². The Morgan fingerprint density at radius 2 is 1.92 bits per heavy atom. The molecule has 2 rings (SSSR count). The summed E-state index contributed by atoms with van der Waals surface area (Å²) in [5, 5.41) is 9.05. The molecular weight excluding hydrogens is 338 g/mol. The molecule has 0 radical (unpaired) electrons. The van der Waals surface area contributed by atoms with E-state index in [2.05, 4.69) is 0 Å². The van der Waals surface area contributed by atoms with Gasteiger partial charge in [-0.1, -0.05) is 0 Å². The van der Waals surface area contributed by atoms with Crippen LogP contribution in [0.25, 0.3) is 0 Å². The highest BCUT2D eigenvalue weighted by molar-refractivity contribution is 7.89. The predicted molar refractivity (Wildman–Crippen MR) is 84.6 cm³/mol. The zero-order valence-electron chi connectivity index (χ0n) is 13.7. The third-order valence-electron chi connectivity index (χ3n) is 4.44. The zero-order chi connectivity index (χ0) is 17.9. The molecule has 2 fully saturated rings. The molecule has 0 aromatic carbocycles. The molecule has 0 aromatic heterocycles. The number of carboxylic acid groups (broad SMARTS) is 1. The van der Waals surface area contributed by atoms with Crippen molar-refractivity contribution in [3.05, 3.63) is 0 Å². The summed E-state index contributed by atoms with van der Waals surface area (Å²) in [5.41, 5.74) is 0.